The van der Waals surface area contributed by atoms with Crippen molar-refractivity contribution in [2.24, 2.45) is 0 Å². The first-order valence-corrected chi connectivity index (χ1v) is 6.29. The van der Waals surface area contributed by atoms with E-state index in [0.29, 0.717) is 0 Å². The molecule has 0 radical (unpaired) electrons. The van der Waals surface area contributed by atoms with Crippen molar-refractivity contribution in [3.05, 3.63) is 28.3 Å². The Balaban J connectivity index is 2.96. The maximum absolute atomic E-state index is 6.15. The molecule has 2 heteroatoms. The summed E-state index contributed by atoms with van der Waals surface area (Å²) in [5.74, 6) is 0. The molecule has 0 saturated heterocycles. The van der Waals surface area contributed by atoms with Gasteiger partial charge in [-0.3, -0.25) is 0 Å². The Bertz CT molecular complexity index is 294. The molecule has 1 rings (SSSR count). The minimum absolute atomic E-state index is 0.950. The van der Waals surface area contributed by atoms with Crippen LogP contribution >= 0.6 is 11.6 Å². The van der Waals surface area contributed by atoms with Crippen LogP contribution in [-0.2, 0) is 6.42 Å². The van der Waals surface area contributed by atoms with Crippen molar-refractivity contribution in [2.75, 3.05) is 0 Å². The van der Waals surface area contributed by atoms with Crippen LogP contribution < -0.4 is 5.19 Å². The molecule has 0 aliphatic heterocycles. The molecule has 13 heavy (non-hydrogen) atoms. The third kappa shape index (κ3) is 2.58. The molecule has 0 bridgehead atoms. The van der Waals surface area contributed by atoms with Crippen LogP contribution in [0.3, 0.4) is 0 Å². The van der Waals surface area contributed by atoms with Crippen molar-refractivity contribution < 1.29 is 0 Å². The fourth-order valence-electron chi connectivity index (χ4n) is 1.50. The highest BCUT2D eigenvalue weighted by atomic mass is 35.5. The van der Waals surface area contributed by atoms with Gasteiger partial charge in [0.2, 0.25) is 0 Å². The van der Waals surface area contributed by atoms with Gasteiger partial charge in [0, 0.05) is 15.3 Å². The summed E-state index contributed by atoms with van der Waals surface area (Å²) < 4.78 is 0. The zero-order valence-electron chi connectivity index (χ0n) is 8.65. The lowest BCUT2D eigenvalue weighted by Crippen LogP contribution is -2.10. The topological polar surface area (TPSA) is 0 Å². The Morgan fingerprint density at radius 1 is 1.38 bits per heavy atom. The van der Waals surface area contributed by atoms with E-state index in [0.717, 1.165) is 21.7 Å². The summed E-state index contributed by atoms with van der Waals surface area (Å²) in [5.41, 5.74) is 2.80. The van der Waals surface area contributed by atoms with Crippen LogP contribution in [0, 0.1) is 6.92 Å². The fraction of sp³-hybridized carbons (Fsp3) is 0.455. The van der Waals surface area contributed by atoms with Gasteiger partial charge in [-0.15, -0.1) is 0 Å². The minimum atomic E-state index is 0.950. The maximum Gasteiger partial charge on any atom is 0.0440 e. The molecule has 0 spiro atoms. The summed E-state index contributed by atoms with van der Waals surface area (Å²) >= 11 is 6.15. The number of halogens is 1. The highest BCUT2D eigenvalue weighted by molar-refractivity contribution is 6.35. The zero-order valence-corrected chi connectivity index (χ0v) is 11.4. The molecule has 0 amide bonds. The number of hydrogen-bond acceptors (Lipinski definition) is 0. The minimum Gasteiger partial charge on any atom is -0.0840 e. The molecule has 1 aromatic carbocycles. The standard InChI is InChI=1S/C11H17ClSi/c1-3-4-5-9-8(2)11(13)7-6-10(9)12/h6-7H,3-5H2,1-2,13H3. The molecule has 72 valence electrons. The van der Waals surface area contributed by atoms with E-state index in [1.165, 1.54) is 29.2 Å². The Kier molecular flexibility index (Phi) is 4.01. The van der Waals surface area contributed by atoms with Gasteiger partial charge < -0.3 is 0 Å². The molecule has 0 aliphatic carbocycles. The Morgan fingerprint density at radius 3 is 2.69 bits per heavy atom. The van der Waals surface area contributed by atoms with Gasteiger partial charge in [-0.05, 0) is 37.0 Å². The van der Waals surface area contributed by atoms with Crippen LogP contribution in [-0.4, -0.2) is 10.2 Å². The molecule has 0 N–H and O–H groups in total. The van der Waals surface area contributed by atoms with Crippen molar-refractivity contribution >= 4 is 27.0 Å². The third-order valence-corrected chi connectivity index (χ3v) is 4.03. The molecule has 0 fully saturated rings. The zero-order chi connectivity index (χ0) is 9.84. The normalized spacial score (nSPS) is 10.7. The average molecular weight is 213 g/mol. The maximum atomic E-state index is 6.15. The van der Waals surface area contributed by atoms with E-state index in [-0.39, 0.29) is 0 Å². The van der Waals surface area contributed by atoms with Gasteiger partial charge in [0.15, 0.2) is 0 Å². The quantitative estimate of drug-likeness (QED) is 0.673. The number of hydrogen-bond donors (Lipinski definition) is 0. The van der Waals surface area contributed by atoms with Crippen molar-refractivity contribution in [3.8, 4) is 0 Å². The molecular formula is C11H17ClSi. The van der Waals surface area contributed by atoms with Crippen LogP contribution in [0.25, 0.3) is 0 Å². The second-order valence-corrected chi connectivity index (χ2v) is 5.06. The van der Waals surface area contributed by atoms with E-state index < -0.39 is 0 Å². The fourth-order valence-corrected chi connectivity index (χ4v) is 2.27. The summed E-state index contributed by atoms with van der Waals surface area (Å²) in [4.78, 5) is 0. The largest absolute Gasteiger partial charge is 0.0840 e. The number of rotatable bonds is 3. The lowest BCUT2D eigenvalue weighted by Gasteiger charge is -2.10. The van der Waals surface area contributed by atoms with E-state index in [1.54, 1.807) is 0 Å². The van der Waals surface area contributed by atoms with E-state index >= 15 is 0 Å². The van der Waals surface area contributed by atoms with Crippen LogP contribution in [0.15, 0.2) is 12.1 Å². The first-order valence-electron chi connectivity index (χ1n) is 4.91. The molecule has 0 nitrogen and oxygen atoms in total. The van der Waals surface area contributed by atoms with Crippen LogP contribution in [0.5, 0.6) is 0 Å². The predicted molar refractivity (Wildman–Crippen MR) is 64.4 cm³/mol. The van der Waals surface area contributed by atoms with Crippen molar-refractivity contribution in [1.29, 1.82) is 0 Å². The van der Waals surface area contributed by atoms with Crippen molar-refractivity contribution in [1.82, 2.24) is 0 Å². The molecule has 0 atom stereocenters. The molecule has 0 heterocycles. The molecule has 0 saturated carbocycles. The van der Waals surface area contributed by atoms with Gasteiger partial charge >= 0.3 is 0 Å². The summed E-state index contributed by atoms with van der Waals surface area (Å²) in [5, 5.41) is 2.43. The van der Waals surface area contributed by atoms with Gasteiger partial charge in [-0.1, -0.05) is 36.2 Å². The molecule has 0 aromatic heterocycles. The lowest BCUT2D eigenvalue weighted by atomic mass is 10.0. The number of unbranched alkanes of at least 4 members (excludes halogenated alkanes) is 1. The first-order chi connectivity index (χ1) is 6.16. The second kappa shape index (κ2) is 4.82. The van der Waals surface area contributed by atoms with E-state index in [4.69, 9.17) is 11.6 Å². The Hall–Kier alpha value is -0.273. The van der Waals surface area contributed by atoms with Crippen molar-refractivity contribution in [2.45, 2.75) is 33.1 Å². The van der Waals surface area contributed by atoms with Crippen LogP contribution in [0.2, 0.25) is 5.02 Å². The summed E-state index contributed by atoms with van der Waals surface area (Å²) in [7, 11) is 1.12. The monoisotopic (exact) mass is 212 g/mol. The van der Waals surface area contributed by atoms with E-state index in [9.17, 15) is 0 Å². The first kappa shape index (κ1) is 10.8. The molecule has 0 unspecified atom stereocenters. The summed E-state index contributed by atoms with van der Waals surface area (Å²) in [6.07, 6.45) is 3.62. The SMILES string of the molecule is CCCCc1c(Cl)ccc([SiH3])c1C. The van der Waals surface area contributed by atoms with Gasteiger partial charge in [0.25, 0.3) is 0 Å². The third-order valence-electron chi connectivity index (χ3n) is 2.59. The average Bonchev–Trinajstić information content (AvgIpc) is 2.12. The summed E-state index contributed by atoms with van der Waals surface area (Å²) in [6, 6.07) is 4.20. The van der Waals surface area contributed by atoms with Gasteiger partial charge in [-0.25, -0.2) is 0 Å². The van der Waals surface area contributed by atoms with Gasteiger partial charge in [0.05, 0.1) is 0 Å². The van der Waals surface area contributed by atoms with Crippen LogP contribution in [0.1, 0.15) is 30.9 Å². The highest BCUT2D eigenvalue weighted by Gasteiger charge is 2.04. The van der Waals surface area contributed by atoms with E-state index in [2.05, 4.69) is 19.9 Å². The lowest BCUT2D eigenvalue weighted by molar-refractivity contribution is 0.792. The van der Waals surface area contributed by atoms with Crippen molar-refractivity contribution in [3.63, 3.8) is 0 Å². The predicted octanol–water partition coefficient (Wildman–Crippen LogP) is 1.98. The number of benzene rings is 1. The van der Waals surface area contributed by atoms with Crippen LogP contribution in [0.4, 0.5) is 0 Å². The molecular weight excluding hydrogens is 196 g/mol. The van der Waals surface area contributed by atoms with Gasteiger partial charge in [-0.2, -0.15) is 0 Å². The summed E-state index contributed by atoms with van der Waals surface area (Å²) in [6.45, 7) is 4.41. The Labute approximate surface area is 88.7 Å². The highest BCUT2D eigenvalue weighted by Crippen LogP contribution is 2.19. The van der Waals surface area contributed by atoms with E-state index in [1.807, 2.05) is 6.07 Å². The second-order valence-electron chi connectivity index (χ2n) is 3.57. The smallest absolute Gasteiger partial charge is 0.0440 e. The Morgan fingerprint density at radius 2 is 2.08 bits per heavy atom. The van der Waals surface area contributed by atoms with Gasteiger partial charge in [0.1, 0.15) is 0 Å². The molecule has 0 aliphatic rings. The molecule has 1 aromatic rings.